The molecule has 1 aliphatic rings. The molecule has 0 unspecified atom stereocenters. The lowest BCUT2D eigenvalue weighted by molar-refractivity contribution is -0.132. The zero-order valence-corrected chi connectivity index (χ0v) is 11.5. The summed E-state index contributed by atoms with van der Waals surface area (Å²) in [5.74, 6) is 0.651. The lowest BCUT2D eigenvalue weighted by atomic mass is 10.0. The van der Waals surface area contributed by atoms with Crippen LogP contribution in [-0.2, 0) is 11.2 Å². The molecule has 19 heavy (non-hydrogen) atoms. The van der Waals surface area contributed by atoms with Crippen molar-refractivity contribution in [2.75, 3.05) is 32.7 Å². The average Bonchev–Trinajstić information content (AvgIpc) is 2.93. The van der Waals surface area contributed by atoms with Crippen LogP contribution < -0.4 is 10.6 Å². The van der Waals surface area contributed by atoms with Crippen LogP contribution in [0.15, 0.2) is 10.9 Å². The lowest BCUT2D eigenvalue weighted by Gasteiger charge is -2.39. The Kier molecular flexibility index (Phi) is 4.49. The molecule has 106 valence electrons. The summed E-state index contributed by atoms with van der Waals surface area (Å²) >= 11 is 0. The second-order valence-corrected chi connectivity index (χ2v) is 5.15. The number of nitrogens with one attached hydrogen (secondary N) is 2. The molecule has 0 aliphatic carbocycles. The first-order chi connectivity index (χ1) is 9.10. The van der Waals surface area contributed by atoms with Crippen LogP contribution in [0.25, 0.3) is 0 Å². The fourth-order valence-corrected chi connectivity index (χ4v) is 2.17. The molecule has 1 amide bonds. The summed E-state index contributed by atoms with van der Waals surface area (Å²) < 4.78 is 4.65. The second-order valence-electron chi connectivity index (χ2n) is 5.15. The minimum Gasteiger partial charge on any atom is -0.354 e. The quantitative estimate of drug-likeness (QED) is 0.742. The van der Waals surface area contributed by atoms with Gasteiger partial charge in [-0.2, -0.15) is 4.98 Å². The molecule has 2 rings (SSSR count). The molecule has 0 atom stereocenters. The molecule has 2 heterocycles. The Bertz CT molecular complexity index is 398. The number of rotatable bonds is 5. The molecule has 2 N–H and O–H groups in total. The minimum absolute atomic E-state index is 0.0397. The number of piperazine rings is 1. The second kappa shape index (κ2) is 6.12. The van der Waals surface area contributed by atoms with Crippen molar-refractivity contribution in [1.82, 2.24) is 25.7 Å². The van der Waals surface area contributed by atoms with Gasteiger partial charge in [0.15, 0.2) is 5.82 Å². The normalized spacial score (nSPS) is 17.4. The number of carbonyl (C=O) groups is 1. The summed E-state index contributed by atoms with van der Waals surface area (Å²) in [6.07, 6.45) is 1.88. The van der Waals surface area contributed by atoms with Crippen LogP contribution in [0, 0.1) is 0 Å². The van der Waals surface area contributed by atoms with Gasteiger partial charge in [-0.15, -0.1) is 0 Å². The van der Waals surface area contributed by atoms with E-state index in [4.69, 9.17) is 0 Å². The standard InChI is InChI=1S/C12H21N5O2/c1-12(2,17-7-5-13-6-8-17)11(18)14-4-3-10-15-9-19-16-10/h9,13H,3-8H2,1-2H3,(H,14,18). The summed E-state index contributed by atoms with van der Waals surface area (Å²) in [5, 5.41) is 9.93. The van der Waals surface area contributed by atoms with Crippen LogP contribution in [0.3, 0.4) is 0 Å². The zero-order chi connectivity index (χ0) is 13.7. The van der Waals surface area contributed by atoms with E-state index < -0.39 is 5.54 Å². The molecule has 1 aromatic heterocycles. The van der Waals surface area contributed by atoms with E-state index in [-0.39, 0.29) is 5.91 Å². The maximum absolute atomic E-state index is 12.3. The highest BCUT2D eigenvalue weighted by Crippen LogP contribution is 2.15. The van der Waals surface area contributed by atoms with Gasteiger partial charge in [0.05, 0.1) is 5.54 Å². The Morgan fingerprint density at radius 2 is 2.26 bits per heavy atom. The molecule has 1 fully saturated rings. The van der Waals surface area contributed by atoms with Crippen molar-refractivity contribution < 1.29 is 9.32 Å². The molecule has 1 aromatic rings. The van der Waals surface area contributed by atoms with E-state index in [9.17, 15) is 4.79 Å². The van der Waals surface area contributed by atoms with Crippen molar-refractivity contribution in [2.45, 2.75) is 25.8 Å². The number of hydrogen-bond acceptors (Lipinski definition) is 6. The van der Waals surface area contributed by atoms with Gasteiger partial charge < -0.3 is 15.2 Å². The van der Waals surface area contributed by atoms with Crippen LogP contribution in [0.1, 0.15) is 19.7 Å². The van der Waals surface area contributed by atoms with E-state index in [1.807, 2.05) is 13.8 Å². The monoisotopic (exact) mass is 267 g/mol. The number of aromatic nitrogens is 2. The SMILES string of the molecule is CC(C)(C(=O)NCCc1ncon1)N1CCNCC1. The van der Waals surface area contributed by atoms with Crippen molar-refractivity contribution in [3.05, 3.63) is 12.2 Å². The maximum Gasteiger partial charge on any atom is 0.239 e. The molecule has 7 heteroatoms. The first-order valence-corrected chi connectivity index (χ1v) is 6.60. The van der Waals surface area contributed by atoms with Gasteiger partial charge >= 0.3 is 0 Å². The Balaban J connectivity index is 1.80. The number of amides is 1. The molecule has 0 spiro atoms. The third kappa shape index (κ3) is 3.51. The maximum atomic E-state index is 12.3. The van der Waals surface area contributed by atoms with E-state index in [1.54, 1.807) is 0 Å². The van der Waals surface area contributed by atoms with Crippen LogP contribution in [0.4, 0.5) is 0 Å². The lowest BCUT2D eigenvalue weighted by Crippen LogP contribution is -2.60. The molecule has 0 aromatic carbocycles. The highest BCUT2D eigenvalue weighted by molar-refractivity contribution is 5.85. The first-order valence-electron chi connectivity index (χ1n) is 6.60. The van der Waals surface area contributed by atoms with Gasteiger partial charge in [0.2, 0.25) is 12.3 Å². The van der Waals surface area contributed by atoms with Gasteiger partial charge in [-0.3, -0.25) is 9.69 Å². The van der Waals surface area contributed by atoms with E-state index >= 15 is 0 Å². The molecule has 0 bridgehead atoms. The third-order valence-corrected chi connectivity index (χ3v) is 3.50. The van der Waals surface area contributed by atoms with Crippen LogP contribution in [0.5, 0.6) is 0 Å². The Labute approximate surface area is 112 Å². The van der Waals surface area contributed by atoms with E-state index in [0.29, 0.717) is 18.8 Å². The summed E-state index contributed by atoms with van der Waals surface area (Å²) in [4.78, 5) is 18.4. The van der Waals surface area contributed by atoms with Crippen LogP contribution in [-0.4, -0.2) is 59.2 Å². The van der Waals surface area contributed by atoms with Gasteiger partial charge in [-0.05, 0) is 13.8 Å². The molecule has 7 nitrogen and oxygen atoms in total. The minimum atomic E-state index is -0.487. The van der Waals surface area contributed by atoms with Crippen molar-refractivity contribution in [2.24, 2.45) is 0 Å². The van der Waals surface area contributed by atoms with Crippen LogP contribution >= 0.6 is 0 Å². The van der Waals surface area contributed by atoms with Gasteiger partial charge in [0.25, 0.3) is 0 Å². The van der Waals surface area contributed by atoms with E-state index in [1.165, 1.54) is 6.39 Å². The number of hydrogen-bond donors (Lipinski definition) is 2. The Hall–Kier alpha value is -1.47. The van der Waals surface area contributed by atoms with Crippen molar-refractivity contribution in [1.29, 1.82) is 0 Å². The topological polar surface area (TPSA) is 83.3 Å². The molecular formula is C12H21N5O2. The van der Waals surface area contributed by atoms with Crippen molar-refractivity contribution in [3.8, 4) is 0 Å². The zero-order valence-electron chi connectivity index (χ0n) is 11.5. The smallest absolute Gasteiger partial charge is 0.239 e. The molecule has 0 radical (unpaired) electrons. The molecular weight excluding hydrogens is 246 g/mol. The van der Waals surface area contributed by atoms with Crippen molar-refractivity contribution >= 4 is 5.91 Å². The van der Waals surface area contributed by atoms with E-state index in [2.05, 4.69) is 30.2 Å². The predicted molar refractivity (Wildman–Crippen MR) is 69.5 cm³/mol. The largest absolute Gasteiger partial charge is 0.354 e. The first kappa shape index (κ1) is 14.0. The summed E-state index contributed by atoms with van der Waals surface area (Å²) in [6.45, 7) is 8.09. The highest BCUT2D eigenvalue weighted by atomic mass is 16.5. The predicted octanol–water partition coefficient (Wildman–Crippen LogP) is -0.588. The number of carbonyl (C=O) groups excluding carboxylic acids is 1. The average molecular weight is 267 g/mol. The van der Waals surface area contributed by atoms with Gasteiger partial charge in [0.1, 0.15) is 0 Å². The van der Waals surface area contributed by atoms with Crippen LogP contribution in [0.2, 0.25) is 0 Å². The summed E-state index contributed by atoms with van der Waals surface area (Å²) in [7, 11) is 0. The molecule has 0 saturated carbocycles. The molecule has 1 saturated heterocycles. The van der Waals surface area contributed by atoms with Gasteiger partial charge in [0, 0.05) is 39.1 Å². The Morgan fingerprint density at radius 1 is 1.53 bits per heavy atom. The number of nitrogens with zero attached hydrogens (tertiary/aromatic N) is 3. The van der Waals surface area contributed by atoms with Gasteiger partial charge in [-0.1, -0.05) is 5.16 Å². The fourth-order valence-electron chi connectivity index (χ4n) is 2.17. The van der Waals surface area contributed by atoms with Crippen molar-refractivity contribution in [3.63, 3.8) is 0 Å². The highest BCUT2D eigenvalue weighted by Gasteiger charge is 2.34. The summed E-state index contributed by atoms with van der Waals surface area (Å²) in [6, 6.07) is 0. The molecule has 1 aliphatic heterocycles. The summed E-state index contributed by atoms with van der Waals surface area (Å²) in [5.41, 5.74) is -0.487. The third-order valence-electron chi connectivity index (χ3n) is 3.50. The fraction of sp³-hybridized carbons (Fsp3) is 0.750. The Morgan fingerprint density at radius 3 is 2.89 bits per heavy atom. The van der Waals surface area contributed by atoms with Gasteiger partial charge in [-0.25, -0.2) is 0 Å². The van der Waals surface area contributed by atoms with E-state index in [0.717, 1.165) is 26.2 Å².